The lowest BCUT2D eigenvalue weighted by molar-refractivity contribution is -0.179. The fourth-order valence-electron chi connectivity index (χ4n) is 2.47. The van der Waals surface area contributed by atoms with Gasteiger partial charge in [-0.15, -0.1) is 0 Å². The first kappa shape index (κ1) is 38.8. The molecule has 0 spiro atoms. The van der Waals surface area contributed by atoms with Crippen molar-refractivity contribution in [2.45, 2.75) is 95.2 Å². The standard InChI is InChI=1S/C9H11NO5.C4H5NO3.C4H8O.C3H3Cl3O3.2CH4/c11-7-4-5-8(12)10(7)15-9(13)14-6-2-1-3-6;6-3-1-2-4(7)5(3)8;5-4-2-1-3-4;1-8-2(7)9-3(4,5)6;;/h6H,1-5H2;8H,1-2H2;4-5H,1-3H2;1H3;2*1H4. The van der Waals surface area contributed by atoms with E-state index in [-0.39, 0.29) is 57.8 Å². The van der Waals surface area contributed by atoms with Gasteiger partial charge in [-0.3, -0.25) is 29.2 Å². The minimum atomic E-state index is -2.03. The summed E-state index contributed by atoms with van der Waals surface area (Å²) < 4.78 is 10.8. The van der Waals surface area contributed by atoms with Gasteiger partial charge in [0.05, 0.1) is 13.2 Å². The Morgan fingerprint density at radius 2 is 1.23 bits per heavy atom. The van der Waals surface area contributed by atoms with Gasteiger partial charge in [-0.1, -0.05) is 19.9 Å². The Morgan fingerprint density at radius 3 is 1.46 bits per heavy atom. The second-order valence-corrected chi connectivity index (χ2v) is 9.96. The lowest BCUT2D eigenvalue weighted by Crippen LogP contribution is -2.35. The third-order valence-electron chi connectivity index (χ3n) is 4.95. The van der Waals surface area contributed by atoms with Gasteiger partial charge in [-0.2, -0.15) is 5.06 Å². The fraction of sp³-hybridized carbons (Fsp3) is 0.727. The largest absolute Gasteiger partial charge is 0.534 e. The van der Waals surface area contributed by atoms with Crippen LogP contribution in [-0.4, -0.2) is 79.7 Å². The van der Waals surface area contributed by atoms with Gasteiger partial charge < -0.3 is 19.3 Å². The molecule has 4 rings (SSSR count). The Hall–Kier alpha value is -2.39. The molecule has 14 nitrogen and oxygen atoms in total. The van der Waals surface area contributed by atoms with Gasteiger partial charge in [0.2, 0.25) is 0 Å². The summed E-state index contributed by atoms with van der Waals surface area (Å²) in [7, 11) is 1.11. The first-order valence-corrected chi connectivity index (χ1v) is 12.2. The molecule has 0 aromatic heterocycles. The van der Waals surface area contributed by atoms with Gasteiger partial charge in [-0.05, 0) is 73.3 Å². The number of methoxy groups -OCH3 is 1. The van der Waals surface area contributed by atoms with Crippen LogP contribution in [-0.2, 0) is 38.2 Å². The molecular formula is C22H35Cl3N2O12. The molecule has 17 heteroatoms. The number of nitrogens with zero attached hydrogens (tertiary/aromatic N) is 2. The number of hydrogen-bond donors (Lipinski definition) is 2. The van der Waals surface area contributed by atoms with Crippen LogP contribution in [0.4, 0.5) is 9.59 Å². The highest BCUT2D eigenvalue weighted by atomic mass is 35.6. The van der Waals surface area contributed by atoms with Crippen LogP contribution in [0.3, 0.4) is 0 Å². The Balaban J connectivity index is 0. The summed E-state index contributed by atoms with van der Waals surface area (Å²) in [6.45, 7) is 0. The number of aliphatic hydroxyl groups excluding tert-OH is 1. The number of hydrogen-bond acceptors (Lipinski definition) is 12. The number of carbonyl (C=O) groups is 6. The predicted octanol–water partition coefficient (Wildman–Crippen LogP) is 4.18. The first-order chi connectivity index (χ1) is 17.2. The average Bonchev–Trinajstić information content (AvgIpc) is 3.25. The van der Waals surface area contributed by atoms with Gasteiger partial charge in [0.25, 0.3) is 23.6 Å². The van der Waals surface area contributed by atoms with E-state index in [4.69, 9.17) is 49.9 Å². The summed E-state index contributed by atoms with van der Waals surface area (Å²) in [5.41, 5.74) is 0. The number of aliphatic hydroxyl groups is 1. The summed E-state index contributed by atoms with van der Waals surface area (Å²) in [4.78, 5) is 68.4. The van der Waals surface area contributed by atoms with Crippen LogP contribution >= 0.6 is 34.8 Å². The molecule has 0 atom stereocenters. The van der Waals surface area contributed by atoms with Crippen LogP contribution in [0, 0.1) is 0 Å². The Morgan fingerprint density at radius 1 is 0.821 bits per heavy atom. The van der Waals surface area contributed by atoms with Crippen LogP contribution in [0.25, 0.3) is 0 Å². The quantitative estimate of drug-likeness (QED) is 0.193. The maximum atomic E-state index is 11.1. The summed E-state index contributed by atoms with van der Waals surface area (Å²) in [6.07, 6.45) is 4.41. The van der Waals surface area contributed by atoms with Crippen molar-refractivity contribution in [2.75, 3.05) is 7.11 Å². The van der Waals surface area contributed by atoms with Crippen LogP contribution < -0.4 is 0 Å². The minimum Gasteiger partial charge on any atom is -0.438 e. The van der Waals surface area contributed by atoms with Crippen molar-refractivity contribution in [2.24, 2.45) is 0 Å². The van der Waals surface area contributed by atoms with E-state index in [9.17, 15) is 28.8 Å². The van der Waals surface area contributed by atoms with Crippen molar-refractivity contribution >= 4 is 70.7 Å². The second-order valence-electron chi connectivity index (χ2n) is 7.78. The second kappa shape index (κ2) is 18.8. The van der Waals surface area contributed by atoms with Crippen LogP contribution in [0.5, 0.6) is 0 Å². The number of amides is 4. The number of halogens is 3. The summed E-state index contributed by atoms with van der Waals surface area (Å²) in [5, 5.41) is 17.5. The molecule has 0 aromatic rings. The summed E-state index contributed by atoms with van der Waals surface area (Å²) in [6, 6.07) is 0. The minimum absolute atomic E-state index is 0. The Labute approximate surface area is 241 Å². The molecule has 39 heavy (non-hydrogen) atoms. The van der Waals surface area contributed by atoms with E-state index in [1.165, 1.54) is 6.42 Å². The van der Waals surface area contributed by atoms with E-state index in [2.05, 4.69) is 14.3 Å². The molecule has 2 heterocycles. The normalized spacial score (nSPS) is 18.2. The molecule has 4 fully saturated rings. The van der Waals surface area contributed by atoms with E-state index in [0.717, 1.165) is 39.2 Å². The van der Waals surface area contributed by atoms with Crippen molar-refractivity contribution in [3.05, 3.63) is 0 Å². The molecule has 2 N–H and O–H groups in total. The zero-order valence-corrected chi connectivity index (χ0v) is 22.0. The lowest BCUT2D eigenvalue weighted by atomic mass is 9.96. The maximum absolute atomic E-state index is 11.1. The zero-order chi connectivity index (χ0) is 28.2. The third-order valence-corrected chi connectivity index (χ3v) is 5.18. The number of ether oxygens (including phenoxy) is 3. The van der Waals surface area contributed by atoms with Crippen LogP contribution in [0.15, 0.2) is 0 Å². The van der Waals surface area contributed by atoms with E-state index in [1.54, 1.807) is 0 Å². The Kier molecular flexibility index (Phi) is 18.7. The number of hydroxylamine groups is 4. The van der Waals surface area contributed by atoms with Crippen molar-refractivity contribution in [3.63, 3.8) is 0 Å². The molecule has 0 bridgehead atoms. The molecule has 2 saturated carbocycles. The van der Waals surface area contributed by atoms with E-state index < -0.39 is 39.9 Å². The third kappa shape index (κ3) is 15.7. The molecule has 2 aliphatic carbocycles. The summed E-state index contributed by atoms with van der Waals surface area (Å²) in [5.74, 6) is -2.00. The number of carbonyl (C=O) groups excluding carboxylic acids is 6. The van der Waals surface area contributed by atoms with Gasteiger partial charge in [-0.25, -0.2) is 9.59 Å². The monoisotopic (exact) mass is 624 g/mol. The van der Waals surface area contributed by atoms with E-state index >= 15 is 0 Å². The highest BCUT2D eigenvalue weighted by molar-refractivity contribution is 6.66. The van der Waals surface area contributed by atoms with Gasteiger partial charge >= 0.3 is 16.3 Å². The summed E-state index contributed by atoms with van der Waals surface area (Å²) >= 11 is 15.0. The van der Waals surface area contributed by atoms with Gasteiger partial charge in [0, 0.05) is 25.7 Å². The predicted molar refractivity (Wildman–Crippen MR) is 136 cm³/mol. The zero-order valence-electron chi connectivity index (χ0n) is 19.7. The molecule has 0 aromatic carbocycles. The van der Waals surface area contributed by atoms with Crippen molar-refractivity contribution < 1.29 is 58.1 Å². The van der Waals surface area contributed by atoms with Gasteiger partial charge in [0.1, 0.15) is 6.10 Å². The fourth-order valence-corrected chi connectivity index (χ4v) is 2.66. The van der Waals surface area contributed by atoms with E-state index in [1.807, 2.05) is 0 Å². The first-order valence-electron chi connectivity index (χ1n) is 11.0. The highest BCUT2D eigenvalue weighted by Crippen LogP contribution is 2.27. The smallest absolute Gasteiger partial charge is 0.438 e. The average molecular weight is 626 g/mol. The van der Waals surface area contributed by atoms with Crippen LogP contribution in [0.1, 0.15) is 79.1 Å². The molecule has 226 valence electrons. The molecule has 4 amide bonds. The molecule has 4 aliphatic rings. The topological polar surface area (TPSA) is 186 Å². The number of alkyl halides is 3. The van der Waals surface area contributed by atoms with Crippen molar-refractivity contribution in [1.29, 1.82) is 0 Å². The molecule has 0 unspecified atom stereocenters. The van der Waals surface area contributed by atoms with Crippen molar-refractivity contribution in [3.8, 4) is 0 Å². The lowest BCUT2D eigenvalue weighted by Gasteiger charge is -2.25. The molecule has 2 aliphatic heterocycles. The van der Waals surface area contributed by atoms with Crippen molar-refractivity contribution in [1.82, 2.24) is 10.1 Å². The number of rotatable bonds is 2. The molecular weight excluding hydrogens is 591 g/mol. The maximum Gasteiger partial charge on any atom is 0.534 e. The molecule has 0 radical (unpaired) electrons. The van der Waals surface area contributed by atoms with Gasteiger partial charge in [0.15, 0.2) is 0 Å². The Bertz CT molecular complexity index is 813. The SMILES string of the molecule is C.C.COC(=O)OC(Cl)(Cl)Cl.O=C(OC1CCC1)ON1C(=O)CCC1=O.O=C1CCC(=O)N1O.OC1CCC1. The van der Waals surface area contributed by atoms with Crippen LogP contribution in [0.2, 0.25) is 0 Å². The highest BCUT2D eigenvalue weighted by Gasteiger charge is 2.34. The molecule has 2 saturated heterocycles. The number of imide groups is 2. The van der Waals surface area contributed by atoms with E-state index in [0.29, 0.717) is 5.06 Å².